The summed E-state index contributed by atoms with van der Waals surface area (Å²) >= 11 is 0. The Bertz CT molecular complexity index is 732. The Balaban J connectivity index is 2.22. The fourth-order valence-electron chi connectivity index (χ4n) is 1.41. The molecule has 2 aromatic rings. The van der Waals surface area contributed by atoms with E-state index >= 15 is 0 Å². The van der Waals surface area contributed by atoms with Gasteiger partial charge in [-0.15, -0.1) is 0 Å². The number of hydrogen-bond acceptors (Lipinski definition) is 5. The van der Waals surface area contributed by atoms with E-state index in [1.165, 1.54) is 30.7 Å². The van der Waals surface area contributed by atoms with Gasteiger partial charge in [0.05, 0.1) is 11.1 Å². The van der Waals surface area contributed by atoms with E-state index < -0.39 is 10.0 Å². The summed E-state index contributed by atoms with van der Waals surface area (Å²) in [6.45, 7) is -0.242. The Kier molecular flexibility index (Phi) is 4.30. The van der Waals surface area contributed by atoms with Crippen molar-refractivity contribution in [3.63, 3.8) is 0 Å². The van der Waals surface area contributed by atoms with Crippen molar-refractivity contribution in [2.24, 2.45) is 0 Å². The van der Waals surface area contributed by atoms with Crippen LogP contribution >= 0.6 is 0 Å². The smallest absolute Gasteiger partial charge is 0.263 e. The zero-order valence-electron chi connectivity index (χ0n) is 10.3. The molecule has 1 aromatic heterocycles. The molecule has 0 amide bonds. The van der Waals surface area contributed by atoms with Gasteiger partial charge in [0, 0.05) is 18.0 Å². The van der Waals surface area contributed by atoms with E-state index in [9.17, 15) is 8.42 Å². The molecule has 1 heterocycles. The number of aliphatic hydroxyl groups is 1. The Morgan fingerprint density at radius 1 is 1.20 bits per heavy atom. The van der Waals surface area contributed by atoms with E-state index in [2.05, 4.69) is 26.5 Å². The van der Waals surface area contributed by atoms with E-state index in [0.717, 1.165) is 0 Å². The molecular formula is C13H11N3O3S. The normalized spacial score (nSPS) is 10.4. The molecule has 1 aromatic carbocycles. The highest BCUT2D eigenvalue weighted by molar-refractivity contribution is 7.92. The summed E-state index contributed by atoms with van der Waals surface area (Å²) in [5, 5.41) is 8.58. The predicted octanol–water partition coefficient (Wildman–Crippen LogP) is 0.621. The Morgan fingerprint density at radius 2 is 1.95 bits per heavy atom. The van der Waals surface area contributed by atoms with Gasteiger partial charge in [-0.25, -0.2) is 13.4 Å². The molecule has 0 unspecified atom stereocenters. The SMILES string of the molecule is O=S(=O)(Nc1cnccn1)c1ccc(C#CCO)cc1. The predicted molar refractivity (Wildman–Crippen MR) is 73.2 cm³/mol. The molecule has 0 aliphatic carbocycles. The van der Waals surface area contributed by atoms with Gasteiger partial charge in [-0.2, -0.15) is 0 Å². The second kappa shape index (κ2) is 6.14. The summed E-state index contributed by atoms with van der Waals surface area (Å²) in [4.78, 5) is 7.72. The first-order valence-corrected chi connectivity index (χ1v) is 7.09. The topological polar surface area (TPSA) is 92.2 Å². The third-order valence-corrected chi connectivity index (χ3v) is 3.65. The molecule has 0 aliphatic heterocycles. The molecule has 0 fully saturated rings. The van der Waals surface area contributed by atoms with Gasteiger partial charge in [-0.3, -0.25) is 9.71 Å². The zero-order chi connectivity index (χ0) is 14.4. The molecule has 2 N–H and O–H groups in total. The molecule has 0 bridgehead atoms. The lowest BCUT2D eigenvalue weighted by molar-refractivity contribution is 0.350. The summed E-state index contributed by atoms with van der Waals surface area (Å²) in [6, 6.07) is 5.99. The molecule has 2 rings (SSSR count). The first-order valence-electron chi connectivity index (χ1n) is 5.60. The molecule has 0 atom stereocenters. The summed E-state index contributed by atoms with van der Waals surface area (Å²) in [5.41, 5.74) is 0.623. The fourth-order valence-corrected chi connectivity index (χ4v) is 2.40. The van der Waals surface area contributed by atoms with Crippen LogP contribution in [0, 0.1) is 11.8 Å². The van der Waals surface area contributed by atoms with Crippen molar-refractivity contribution in [1.29, 1.82) is 0 Å². The number of nitrogens with zero attached hydrogens (tertiary/aromatic N) is 2. The van der Waals surface area contributed by atoms with Crippen LogP contribution in [0.1, 0.15) is 5.56 Å². The van der Waals surface area contributed by atoms with Crippen LogP contribution in [0.4, 0.5) is 5.82 Å². The van der Waals surface area contributed by atoms with Gasteiger partial charge in [0.15, 0.2) is 5.82 Å². The first kappa shape index (κ1) is 14.0. The van der Waals surface area contributed by atoms with Gasteiger partial charge in [0.25, 0.3) is 10.0 Å². The minimum Gasteiger partial charge on any atom is -0.384 e. The van der Waals surface area contributed by atoms with Crippen molar-refractivity contribution >= 4 is 15.8 Å². The zero-order valence-corrected chi connectivity index (χ0v) is 11.1. The minimum atomic E-state index is -3.70. The summed E-state index contributed by atoms with van der Waals surface area (Å²) in [5.74, 6) is 5.32. The molecule has 0 saturated carbocycles. The molecule has 0 aliphatic rings. The van der Waals surface area contributed by atoms with Crippen LogP contribution < -0.4 is 4.72 Å². The van der Waals surface area contributed by atoms with E-state index in [1.807, 2.05) is 0 Å². The maximum absolute atomic E-state index is 12.1. The van der Waals surface area contributed by atoms with E-state index in [0.29, 0.717) is 5.56 Å². The maximum atomic E-state index is 12.1. The van der Waals surface area contributed by atoms with E-state index in [-0.39, 0.29) is 17.3 Å². The first-order chi connectivity index (χ1) is 9.62. The van der Waals surface area contributed by atoms with Crippen molar-refractivity contribution in [3.8, 4) is 11.8 Å². The van der Waals surface area contributed by atoms with Gasteiger partial charge in [0.2, 0.25) is 0 Å². The Morgan fingerprint density at radius 3 is 2.55 bits per heavy atom. The van der Waals surface area contributed by atoms with Crippen molar-refractivity contribution < 1.29 is 13.5 Å². The minimum absolute atomic E-state index is 0.0951. The molecule has 0 radical (unpaired) electrons. The van der Waals surface area contributed by atoms with Crippen LogP contribution in [0.25, 0.3) is 0 Å². The Hall–Kier alpha value is -2.43. The molecule has 6 nitrogen and oxygen atoms in total. The van der Waals surface area contributed by atoms with Crippen LogP contribution in [-0.4, -0.2) is 30.1 Å². The maximum Gasteiger partial charge on any atom is 0.263 e. The second-order valence-corrected chi connectivity index (χ2v) is 5.36. The van der Waals surface area contributed by atoms with E-state index in [4.69, 9.17) is 5.11 Å². The highest BCUT2D eigenvalue weighted by atomic mass is 32.2. The van der Waals surface area contributed by atoms with Gasteiger partial charge in [0.1, 0.15) is 6.61 Å². The largest absolute Gasteiger partial charge is 0.384 e. The van der Waals surface area contributed by atoms with Gasteiger partial charge in [-0.1, -0.05) is 11.8 Å². The standard InChI is InChI=1S/C13H11N3O3S/c17-9-1-2-11-3-5-12(6-4-11)20(18,19)16-13-10-14-7-8-15-13/h3-8,10,17H,9H2,(H,15,16). The molecule has 20 heavy (non-hydrogen) atoms. The molecular weight excluding hydrogens is 278 g/mol. The van der Waals surface area contributed by atoms with Crippen LogP contribution in [0.2, 0.25) is 0 Å². The highest BCUT2D eigenvalue weighted by Gasteiger charge is 2.14. The number of aliphatic hydroxyl groups excluding tert-OH is 1. The number of anilines is 1. The van der Waals surface area contributed by atoms with Crippen LogP contribution in [0.15, 0.2) is 47.8 Å². The van der Waals surface area contributed by atoms with Crippen molar-refractivity contribution in [3.05, 3.63) is 48.4 Å². The van der Waals surface area contributed by atoms with Crippen LogP contribution in [0.5, 0.6) is 0 Å². The highest BCUT2D eigenvalue weighted by Crippen LogP contribution is 2.14. The number of aromatic nitrogens is 2. The number of rotatable bonds is 3. The summed E-state index contributed by atoms with van der Waals surface area (Å²) < 4.78 is 26.5. The third-order valence-electron chi connectivity index (χ3n) is 2.28. The second-order valence-electron chi connectivity index (χ2n) is 3.68. The van der Waals surface area contributed by atoms with Crippen LogP contribution in [-0.2, 0) is 10.0 Å². The summed E-state index contributed by atoms with van der Waals surface area (Å²) in [6.07, 6.45) is 4.16. The molecule has 0 spiro atoms. The Labute approximate surface area is 116 Å². The lowest BCUT2D eigenvalue weighted by Gasteiger charge is -2.06. The van der Waals surface area contributed by atoms with E-state index in [1.54, 1.807) is 12.1 Å². The number of nitrogens with one attached hydrogen (secondary N) is 1. The third kappa shape index (κ3) is 3.54. The quantitative estimate of drug-likeness (QED) is 0.808. The monoisotopic (exact) mass is 289 g/mol. The average Bonchev–Trinajstić information content (AvgIpc) is 2.46. The van der Waals surface area contributed by atoms with Gasteiger partial charge in [-0.05, 0) is 24.3 Å². The number of sulfonamides is 1. The van der Waals surface area contributed by atoms with Gasteiger partial charge < -0.3 is 5.11 Å². The van der Waals surface area contributed by atoms with Crippen molar-refractivity contribution in [1.82, 2.24) is 9.97 Å². The van der Waals surface area contributed by atoms with Crippen molar-refractivity contribution in [2.45, 2.75) is 4.90 Å². The molecule has 102 valence electrons. The number of benzene rings is 1. The van der Waals surface area contributed by atoms with Crippen molar-refractivity contribution in [2.75, 3.05) is 11.3 Å². The van der Waals surface area contributed by atoms with Crippen LogP contribution in [0.3, 0.4) is 0 Å². The van der Waals surface area contributed by atoms with Gasteiger partial charge >= 0.3 is 0 Å². The summed E-state index contributed by atoms with van der Waals surface area (Å²) in [7, 11) is -3.70. The lowest BCUT2D eigenvalue weighted by Crippen LogP contribution is -2.13. The lowest BCUT2D eigenvalue weighted by atomic mass is 10.2. The fraction of sp³-hybridized carbons (Fsp3) is 0.0769. The number of hydrogen-bond donors (Lipinski definition) is 2. The molecule has 7 heteroatoms. The average molecular weight is 289 g/mol. The molecule has 0 saturated heterocycles.